The number of anilines is 1. The van der Waals surface area contributed by atoms with E-state index < -0.39 is 18.0 Å². The lowest BCUT2D eigenvalue weighted by molar-refractivity contribution is -0.153. The van der Waals surface area contributed by atoms with Gasteiger partial charge >= 0.3 is 5.97 Å². The number of thiophene rings is 1. The summed E-state index contributed by atoms with van der Waals surface area (Å²) in [5.41, 5.74) is 2.49. The predicted molar refractivity (Wildman–Crippen MR) is 119 cm³/mol. The highest BCUT2D eigenvalue weighted by Crippen LogP contribution is 2.27. The Morgan fingerprint density at radius 3 is 2.33 bits per heavy atom. The number of benzene rings is 2. The van der Waals surface area contributed by atoms with Crippen LogP contribution in [0.15, 0.2) is 66.7 Å². The van der Waals surface area contributed by atoms with Crippen LogP contribution in [-0.2, 0) is 14.3 Å². The van der Waals surface area contributed by atoms with Crippen LogP contribution in [0.2, 0.25) is 0 Å². The normalized spacial score (nSPS) is 11.5. The van der Waals surface area contributed by atoms with Gasteiger partial charge < -0.3 is 10.1 Å². The number of aryl methyl sites for hydroxylation is 1. The van der Waals surface area contributed by atoms with Crippen molar-refractivity contribution in [1.29, 1.82) is 0 Å². The Kier molecular flexibility index (Phi) is 7.14. The third kappa shape index (κ3) is 5.64. The SMILES string of the molecule is Cc1ccc(C(=O)CCC(=O)O[C@@H](C)C(=O)Nc2ccccc2-c2ccccc2)s1. The molecule has 0 spiro atoms. The maximum absolute atomic E-state index is 12.5. The van der Waals surface area contributed by atoms with Gasteiger partial charge in [-0.25, -0.2) is 0 Å². The Labute approximate surface area is 179 Å². The lowest BCUT2D eigenvalue weighted by Crippen LogP contribution is -2.30. The molecule has 1 atom stereocenters. The van der Waals surface area contributed by atoms with Crippen molar-refractivity contribution in [2.75, 3.05) is 5.32 Å². The van der Waals surface area contributed by atoms with Crippen LogP contribution in [0, 0.1) is 6.92 Å². The number of hydrogen-bond donors (Lipinski definition) is 1. The van der Waals surface area contributed by atoms with Crippen molar-refractivity contribution in [3.05, 3.63) is 76.5 Å². The summed E-state index contributed by atoms with van der Waals surface area (Å²) >= 11 is 1.40. The van der Waals surface area contributed by atoms with E-state index in [1.54, 1.807) is 12.1 Å². The van der Waals surface area contributed by atoms with Crippen molar-refractivity contribution in [2.24, 2.45) is 0 Å². The van der Waals surface area contributed by atoms with E-state index in [1.807, 2.05) is 61.5 Å². The molecule has 1 amide bonds. The minimum atomic E-state index is -0.972. The molecule has 0 unspecified atom stereocenters. The number of para-hydroxylation sites is 1. The van der Waals surface area contributed by atoms with Crippen molar-refractivity contribution < 1.29 is 19.1 Å². The molecular weight excluding hydrogens is 398 g/mol. The molecule has 1 aromatic heterocycles. The first-order chi connectivity index (χ1) is 14.4. The zero-order valence-electron chi connectivity index (χ0n) is 16.9. The summed E-state index contributed by atoms with van der Waals surface area (Å²) < 4.78 is 5.22. The van der Waals surface area contributed by atoms with E-state index in [1.165, 1.54) is 18.3 Å². The molecule has 0 saturated heterocycles. The van der Waals surface area contributed by atoms with E-state index in [0.29, 0.717) is 10.6 Å². The van der Waals surface area contributed by atoms with E-state index >= 15 is 0 Å². The fourth-order valence-electron chi connectivity index (χ4n) is 2.93. The topological polar surface area (TPSA) is 72.5 Å². The molecule has 0 saturated carbocycles. The molecule has 0 fully saturated rings. The highest BCUT2D eigenvalue weighted by atomic mass is 32.1. The highest BCUT2D eigenvalue weighted by Gasteiger charge is 2.20. The Hall–Kier alpha value is -3.25. The Morgan fingerprint density at radius 2 is 1.63 bits per heavy atom. The van der Waals surface area contributed by atoms with Gasteiger partial charge in [-0.1, -0.05) is 48.5 Å². The van der Waals surface area contributed by atoms with Gasteiger partial charge in [0.05, 0.1) is 11.3 Å². The van der Waals surface area contributed by atoms with E-state index in [4.69, 9.17) is 4.74 Å². The molecule has 0 bridgehead atoms. The Balaban J connectivity index is 1.55. The number of nitrogens with one attached hydrogen (secondary N) is 1. The van der Waals surface area contributed by atoms with Crippen LogP contribution < -0.4 is 5.32 Å². The summed E-state index contributed by atoms with van der Waals surface area (Å²) in [4.78, 5) is 38.4. The highest BCUT2D eigenvalue weighted by molar-refractivity contribution is 7.14. The van der Waals surface area contributed by atoms with Crippen LogP contribution in [0.5, 0.6) is 0 Å². The molecule has 0 aliphatic carbocycles. The maximum atomic E-state index is 12.5. The largest absolute Gasteiger partial charge is 0.453 e. The second-order valence-corrected chi connectivity index (χ2v) is 8.15. The minimum Gasteiger partial charge on any atom is -0.453 e. The number of carbonyl (C=O) groups excluding carboxylic acids is 3. The fraction of sp³-hybridized carbons (Fsp3) is 0.208. The van der Waals surface area contributed by atoms with Crippen molar-refractivity contribution in [2.45, 2.75) is 32.8 Å². The second-order valence-electron chi connectivity index (χ2n) is 6.87. The monoisotopic (exact) mass is 421 g/mol. The Morgan fingerprint density at radius 1 is 0.933 bits per heavy atom. The van der Waals surface area contributed by atoms with Gasteiger partial charge in [-0.2, -0.15) is 0 Å². The molecule has 0 aliphatic rings. The molecule has 2 aromatic carbocycles. The zero-order chi connectivity index (χ0) is 21.5. The van der Waals surface area contributed by atoms with Crippen LogP contribution >= 0.6 is 11.3 Å². The smallest absolute Gasteiger partial charge is 0.307 e. The first kappa shape index (κ1) is 21.5. The lowest BCUT2D eigenvalue weighted by Gasteiger charge is -2.16. The van der Waals surface area contributed by atoms with Gasteiger partial charge in [0, 0.05) is 22.5 Å². The van der Waals surface area contributed by atoms with Crippen molar-refractivity contribution in [3.8, 4) is 11.1 Å². The average molecular weight is 422 g/mol. The van der Waals surface area contributed by atoms with E-state index in [0.717, 1.165) is 16.0 Å². The number of carbonyl (C=O) groups is 3. The van der Waals surface area contributed by atoms with Gasteiger partial charge in [0.2, 0.25) is 0 Å². The van der Waals surface area contributed by atoms with Crippen LogP contribution in [-0.4, -0.2) is 23.8 Å². The number of esters is 1. The maximum Gasteiger partial charge on any atom is 0.307 e. The molecule has 1 heterocycles. The van der Waals surface area contributed by atoms with Gasteiger partial charge in [0.1, 0.15) is 0 Å². The van der Waals surface area contributed by atoms with Crippen molar-refractivity contribution in [3.63, 3.8) is 0 Å². The first-order valence-corrected chi connectivity index (χ1v) is 10.5. The fourth-order valence-corrected chi connectivity index (χ4v) is 3.76. The van der Waals surface area contributed by atoms with Gasteiger partial charge in [-0.05, 0) is 37.6 Å². The number of amides is 1. The minimum absolute atomic E-state index is 0.0595. The number of rotatable bonds is 8. The molecule has 30 heavy (non-hydrogen) atoms. The summed E-state index contributed by atoms with van der Waals surface area (Å²) in [6.07, 6.45) is -0.974. The molecule has 5 nitrogen and oxygen atoms in total. The lowest BCUT2D eigenvalue weighted by atomic mass is 10.0. The number of hydrogen-bond acceptors (Lipinski definition) is 5. The van der Waals surface area contributed by atoms with Crippen LogP contribution in [0.3, 0.4) is 0 Å². The number of ether oxygens (including phenoxy) is 1. The summed E-state index contributed by atoms with van der Waals surface area (Å²) in [7, 11) is 0. The zero-order valence-corrected chi connectivity index (χ0v) is 17.7. The van der Waals surface area contributed by atoms with E-state index in [-0.39, 0.29) is 18.6 Å². The number of Topliss-reactive ketones (excluding diaryl/α,β-unsaturated/α-hetero) is 1. The number of ketones is 1. The average Bonchev–Trinajstić information content (AvgIpc) is 3.19. The van der Waals surface area contributed by atoms with E-state index in [2.05, 4.69) is 5.32 Å². The van der Waals surface area contributed by atoms with Gasteiger partial charge in [0.25, 0.3) is 5.91 Å². The van der Waals surface area contributed by atoms with Gasteiger partial charge in [-0.15, -0.1) is 11.3 Å². The van der Waals surface area contributed by atoms with Gasteiger partial charge in [0.15, 0.2) is 11.9 Å². The van der Waals surface area contributed by atoms with Crippen molar-refractivity contribution >= 4 is 34.7 Å². The third-order valence-corrected chi connectivity index (χ3v) is 5.56. The molecule has 1 N–H and O–H groups in total. The molecule has 154 valence electrons. The van der Waals surface area contributed by atoms with Crippen LogP contribution in [0.4, 0.5) is 5.69 Å². The summed E-state index contributed by atoms with van der Waals surface area (Å²) in [6, 6.07) is 20.8. The molecule has 0 aliphatic heterocycles. The molecule has 3 rings (SSSR count). The van der Waals surface area contributed by atoms with E-state index in [9.17, 15) is 14.4 Å². The van der Waals surface area contributed by atoms with Gasteiger partial charge in [-0.3, -0.25) is 14.4 Å². The molecule has 3 aromatic rings. The first-order valence-electron chi connectivity index (χ1n) is 9.68. The summed E-state index contributed by atoms with van der Waals surface area (Å²) in [6.45, 7) is 3.44. The quantitative estimate of drug-likeness (QED) is 0.398. The predicted octanol–water partition coefficient (Wildman–Crippen LogP) is 5.26. The van der Waals surface area contributed by atoms with Crippen LogP contribution in [0.25, 0.3) is 11.1 Å². The molecular formula is C24H23NO4S. The Bertz CT molecular complexity index is 1040. The summed E-state index contributed by atoms with van der Waals surface area (Å²) in [5.74, 6) is -1.10. The summed E-state index contributed by atoms with van der Waals surface area (Å²) in [5, 5.41) is 2.83. The standard InChI is InChI=1S/C24H23NO4S/c1-16-12-14-22(30-16)21(26)13-15-23(27)29-17(2)24(28)25-20-11-7-6-10-19(20)18-8-4-3-5-9-18/h3-12,14,17H,13,15H2,1-2H3,(H,25,28)/t17-/m0/s1. The van der Waals surface area contributed by atoms with Crippen LogP contribution in [0.1, 0.15) is 34.3 Å². The van der Waals surface area contributed by atoms with Crippen molar-refractivity contribution in [1.82, 2.24) is 0 Å². The second kappa shape index (κ2) is 9.98. The molecule has 6 heteroatoms. The molecule has 0 radical (unpaired) electrons. The third-order valence-electron chi connectivity index (χ3n) is 4.52.